The van der Waals surface area contributed by atoms with E-state index in [1.54, 1.807) is 31.6 Å². The number of hydrogen-bond acceptors (Lipinski definition) is 5. The Labute approximate surface area is 154 Å². The first-order valence-electron chi connectivity index (χ1n) is 9.03. The molecule has 0 amide bonds. The van der Waals surface area contributed by atoms with Gasteiger partial charge in [0.2, 0.25) is 5.60 Å². The molecule has 5 heterocycles. The number of methoxy groups -OCH3 is 1. The summed E-state index contributed by atoms with van der Waals surface area (Å²) in [6, 6.07) is 10.9. The molecule has 134 valence electrons. The van der Waals surface area contributed by atoms with Crippen molar-refractivity contribution in [3.8, 4) is 11.8 Å². The summed E-state index contributed by atoms with van der Waals surface area (Å²) in [6.07, 6.45) is 5.47. The van der Waals surface area contributed by atoms with E-state index in [9.17, 15) is 5.11 Å². The second-order valence-electron chi connectivity index (χ2n) is 7.03. The fourth-order valence-corrected chi connectivity index (χ4v) is 4.05. The molecular formula is C21H23N3O2. The smallest absolute Gasteiger partial charge is 0.211 e. The van der Waals surface area contributed by atoms with Gasteiger partial charge in [0.15, 0.2) is 0 Å². The van der Waals surface area contributed by atoms with Gasteiger partial charge in [-0.05, 0) is 50.2 Å². The van der Waals surface area contributed by atoms with Crippen molar-refractivity contribution in [1.29, 1.82) is 0 Å². The van der Waals surface area contributed by atoms with E-state index in [4.69, 9.17) is 4.74 Å². The van der Waals surface area contributed by atoms with Crippen molar-refractivity contribution < 1.29 is 9.84 Å². The highest BCUT2D eigenvalue weighted by atomic mass is 16.5. The molecule has 26 heavy (non-hydrogen) atoms. The van der Waals surface area contributed by atoms with Gasteiger partial charge in [-0.25, -0.2) is 0 Å². The molecule has 0 saturated carbocycles. The monoisotopic (exact) mass is 349 g/mol. The number of rotatable bonds is 3. The Morgan fingerprint density at radius 1 is 1.12 bits per heavy atom. The van der Waals surface area contributed by atoms with Gasteiger partial charge < -0.3 is 9.84 Å². The summed E-state index contributed by atoms with van der Waals surface area (Å²) in [5, 5.41) is 11.5. The predicted molar refractivity (Wildman–Crippen MR) is 98.2 cm³/mol. The van der Waals surface area contributed by atoms with Gasteiger partial charge in [0.05, 0.1) is 11.4 Å². The third-order valence-electron chi connectivity index (χ3n) is 5.60. The highest BCUT2D eigenvalue weighted by Crippen LogP contribution is 2.38. The maximum absolute atomic E-state index is 11.5. The van der Waals surface area contributed by atoms with Gasteiger partial charge in [-0.1, -0.05) is 24.0 Å². The number of nitrogens with zero attached hydrogens (tertiary/aromatic N) is 3. The van der Waals surface area contributed by atoms with Crippen LogP contribution in [0.1, 0.15) is 24.2 Å². The summed E-state index contributed by atoms with van der Waals surface area (Å²) in [6.45, 7) is 2.98. The lowest BCUT2D eigenvalue weighted by Gasteiger charge is -2.49. The zero-order valence-electron chi connectivity index (χ0n) is 14.9. The Bertz CT molecular complexity index is 768. The number of ether oxygens (including phenoxy) is 1. The Morgan fingerprint density at radius 3 is 2.15 bits per heavy atom. The highest BCUT2D eigenvalue weighted by molar-refractivity contribution is 5.40. The summed E-state index contributed by atoms with van der Waals surface area (Å²) >= 11 is 0. The normalized spacial score (nSPS) is 27.6. The van der Waals surface area contributed by atoms with Gasteiger partial charge in [0, 0.05) is 32.0 Å². The molecule has 0 aliphatic carbocycles. The molecule has 2 aromatic rings. The minimum absolute atomic E-state index is 0.390. The molecule has 2 aromatic heterocycles. The number of fused-ring (bicyclic) bond motifs is 3. The Morgan fingerprint density at radius 2 is 1.73 bits per heavy atom. The van der Waals surface area contributed by atoms with E-state index in [-0.39, 0.29) is 0 Å². The quantitative estimate of drug-likeness (QED) is 0.857. The number of aliphatic hydroxyl groups is 1. The molecule has 5 nitrogen and oxygen atoms in total. The van der Waals surface area contributed by atoms with E-state index in [2.05, 4.69) is 26.7 Å². The van der Waals surface area contributed by atoms with E-state index in [1.165, 1.54) is 0 Å². The van der Waals surface area contributed by atoms with Crippen LogP contribution < -0.4 is 0 Å². The molecule has 2 bridgehead atoms. The molecule has 5 heteroatoms. The Balaban J connectivity index is 1.79. The second-order valence-corrected chi connectivity index (χ2v) is 7.03. The molecule has 0 aromatic carbocycles. The molecule has 1 atom stereocenters. The van der Waals surface area contributed by atoms with E-state index >= 15 is 0 Å². The van der Waals surface area contributed by atoms with Crippen LogP contribution in [0, 0.1) is 17.8 Å². The van der Waals surface area contributed by atoms with Crippen molar-refractivity contribution >= 4 is 0 Å². The van der Waals surface area contributed by atoms with Crippen LogP contribution in [0.25, 0.3) is 0 Å². The maximum Gasteiger partial charge on any atom is 0.211 e. The van der Waals surface area contributed by atoms with Crippen molar-refractivity contribution in [3.05, 3.63) is 60.2 Å². The molecule has 3 aliphatic rings. The Hall–Kier alpha value is -2.26. The van der Waals surface area contributed by atoms with Gasteiger partial charge in [0.1, 0.15) is 5.60 Å². The summed E-state index contributed by atoms with van der Waals surface area (Å²) in [7, 11) is 1.72. The molecule has 3 fully saturated rings. The zero-order chi connectivity index (χ0) is 18.0. The van der Waals surface area contributed by atoms with Gasteiger partial charge >= 0.3 is 0 Å². The number of piperidine rings is 3. The van der Waals surface area contributed by atoms with Gasteiger partial charge in [-0.3, -0.25) is 14.9 Å². The van der Waals surface area contributed by atoms with Crippen LogP contribution in [0.2, 0.25) is 0 Å². The van der Waals surface area contributed by atoms with Crippen molar-refractivity contribution in [1.82, 2.24) is 14.9 Å². The molecule has 0 unspecified atom stereocenters. The van der Waals surface area contributed by atoms with E-state index < -0.39 is 11.2 Å². The summed E-state index contributed by atoms with van der Waals surface area (Å²) in [5.74, 6) is 6.80. The van der Waals surface area contributed by atoms with E-state index in [0.29, 0.717) is 17.3 Å². The molecular weight excluding hydrogens is 326 g/mol. The lowest BCUT2D eigenvalue weighted by Crippen LogP contribution is -2.59. The number of pyridine rings is 2. The first-order valence-corrected chi connectivity index (χ1v) is 9.03. The van der Waals surface area contributed by atoms with Crippen LogP contribution in [0.4, 0.5) is 0 Å². The molecule has 1 N–H and O–H groups in total. The predicted octanol–water partition coefficient (Wildman–Crippen LogP) is 1.83. The fourth-order valence-electron chi connectivity index (χ4n) is 4.05. The molecule has 3 saturated heterocycles. The third kappa shape index (κ3) is 2.90. The highest BCUT2D eigenvalue weighted by Gasteiger charge is 2.46. The van der Waals surface area contributed by atoms with Crippen molar-refractivity contribution in [2.24, 2.45) is 5.92 Å². The van der Waals surface area contributed by atoms with E-state index in [1.807, 2.05) is 24.3 Å². The summed E-state index contributed by atoms with van der Waals surface area (Å²) < 4.78 is 5.91. The van der Waals surface area contributed by atoms with Crippen LogP contribution in [0.5, 0.6) is 0 Å². The SMILES string of the molecule is CO[C@]1(C#CC(O)(c2ccccn2)c2ccccn2)CN2CCC1CC2. The van der Waals surface area contributed by atoms with Crippen molar-refractivity contribution in [2.75, 3.05) is 26.7 Å². The molecule has 5 rings (SSSR count). The number of aromatic nitrogens is 2. The second kappa shape index (κ2) is 6.81. The Kier molecular flexibility index (Phi) is 4.49. The van der Waals surface area contributed by atoms with Gasteiger partial charge in [0.25, 0.3) is 0 Å². The topological polar surface area (TPSA) is 58.5 Å². The fraction of sp³-hybridized carbons (Fsp3) is 0.429. The summed E-state index contributed by atoms with van der Waals surface area (Å²) in [5.41, 5.74) is -1.17. The largest absolute Gasteiger partial charge is 0.367 e. The van der Waals surface area contributed by atoms with E-state index in [0.717, 1.165) is 32.5 Å². The van der Waals surface area contributed by atoms with Crippen LogP contribution in [0.3, 0.4) is 0 Å². The average Bonchev–Trinajstić information content (AvgIpc) is 2.74. The summed E-state index contributed by atoms with van der Waals surface area (Å²) in [4.78, 5) is 11.1. The molecule has 0 spiro atoms. The van der Waals surface area contributed by atoms with Crippen LogP contribution >= 0.6 is 0 Å². The first-order chi connectivity index (χ1) is 12.7. The average molecular weight is 349 g/mol. The van der Waals surface area contributed by atoms with Gasteiger partial charge in [-0.15, -0.1) is 0 Å². The van der Waals surface area contributed by atoms with Gasteiger partial charge in [-0.2, -0.15) is 0 Å². The molecule has 3 aliphatic heterocycles. The minimum Gasteiger partial charge on any atom is -0.367 e. The first kappa shape index (κ1) is 17.2. The number of hydrogen-bond donors (Lipinski definition) is 1. The maximum atomic E-state index is 11.5. The molecule has 0 radical (unpaired) electrons. The zero-order valence-corrected chi connectivity index (χ0v) is 14.9. The lowest BCUT2D eigenvalue weighted by atomic mass is 9.75. The van der Waals surface area contributed by atoms with Crippen molar-refractivity contribution in [2.45, 2.75) is 24.0 Å². The third-order valence-corrected chi connectivity index (χ3v) is 5.60. The standard InChI is InChI=1S/C21H23N3O2/c1-26-20(16-24-14-8-17(20)9-15-24)10-11-21(25,18-6-2-4-12-22-18)19-7-3-5-13-23-19/h2-7,12-13,17,25H,8-9,14-16H2,1H3/t20-/m1/s1. The lowest BCUT2D eigenvalue weighted by molar-refractivity contribution is -0.0964. The minimum atomic E-state index is -1.57. The van der Waals surface area contributed by atoms with Crippen LogP contribution in [-0.4, -0.2) is 52.3 Å². The van der Waals surface area contributed by atoms with Crippen LogP contribution in [0.15, 0.2) is 48.8 Å². The van der Waals surface area contributed by atoms with Crippen LogP contribution in [-0.2, 0) is 10.3 Å². The van der Waals surface area contributed by atoms with Crippen molar-refractivity contribution in [3.63, 3.8) is 0 Å².